The summed E-state index contributed by atoms with van der Waals surface area (Å²) in [4.78, 5) is 12.7. The molecule has 0 spiro atoms. The van der Waals surface area contributed by atoms with Crippen LogP contribution in [0, 0.1) is 6.92 Å². The number of benzene rings is 2. The second-order valence-corrected chi connectivity index (χ2v) is 7.17. The zero-order valence-electron chi connectivity index (χ0n) is 16.7. The van der Waals surface area contributed by atoms with E-state index in [0.29, 0.717) is 28.4 Å². The minimum Gasteiger partial charge on any atom is -0.506 e. The Morgan fingerprint density at radius 3 is 2.54 bits per heavy atom. The van der Waals surface area contributed by atoms with Crippen molar-refractivity contribution in [3.8, 4) is 23.0 Å². The molecule has 0 bridgehead atoms. The maximum Gasteiger partial charge on any atom is 0.189 e. The van der Waals surface area contributed by atoms with E-state index in [0.717, 1.165) is 5.56 Å². The van der Waals surface area contributed by atoms with Crippen molar-refractivity contribution in [2.75, 3.05) is 14.2 Å². The molecule has 0 radical (unpaired) electrons. The van der Waals surface area contributed by atoms with Crippen molar-refractivity contribution >= 4 is 17.9 Å². The van der Waals surface area contributed by atoms with E-state index in [1.54, 1.807) is 38.5 Å². The van der Waals surface area contributed by atoms with Gasteiger partial charge in [-0.15, -0.1) is 0 Å². The lowest BCUT2D eigenvalue weighted by atomic mass is 9.98. The number of phenolic OH excluding ortho intramolecular Hbond substituents is 1. The van der Waals surface area contributed by atoms with Gasteiger partial charge in [0.15, 0.2) is 5.78 Å². The number of ketones is 1. The molecule has 0 atom stereocenters. The molecule has 1 aliphatic rings. The number of allylic oxidation sites excluding steroid dienone is 1. The minimum atomic E-state index is -0.452. The van der Waals surface area contributed by atoms with Crippen molar-refractivity contribution in [3.63, 3.8) is 0 Å². The molecule has 5 nitrogen and oxygen atoms in total. The van der Waals surface area contributed by atoms with Crippen LogP contribution in [0.5, 0.6) is 23.0 Å². The Morgan fingerprint density at radius 1 is 1.14 bits per heavy atom. The van der Waals surface area contributed by atoms with Crippen LogP contribution in [-0.4, -0.2) is 30.7 Å². The first kappa shape index (κ1) is 19.5. The monoisotopic (exact) mass is 380 g/mol. The predicted molar refractivity (Wildman–Crippen MR) is 109 cm³/mol. The van der Waals surface area contributed by atoms with Crippen molar-refractivity contribution in [3.05, 3.63) is 58.7 Å². The van der Waals surface area contributed by atoms with Crippen LogP contribution in [0.15, 0.2) is 36.4 Å². The van der Waals surface area contributed by atoms with Gasteiger partial charge in [0.1, 0.15) is 28.6 Å². The highest BCUT2D eigenvalue weighted by atomic mass is 16.5. The normalized spacial score (nSPS) is 14.5. The fraction of sp³-hybridized carbons (Fsp3) is 0.261. The SMILES string of the molecule is COc1cc(/C=C/C(=O)c2ccc3c(c2O)C=CC(C)(C)O3)c(OC)cc1C. The van der Waals surface area contributed by atoms with Gasteiger partial charge in [-0.05, 0) is 74.9 Å². The number of ether oxygens (including phenoxy) is 3. The number of aryl methyl sites for hydroxylation is 1. The van der Waals surface area contributed by atoms with Crippen molar-refractivity contribution in [2.24, 2.45) is 0 Å². The number of fused-ring (bicyclic) bond motifs is 1. The molecular formula is C23H24O5. The summed E-state index contributed by atoms with van der Waals surface area (Å²) in [6.07, 6.45) is 6.69. The Morgan fingerprint density at radius 2 is 1.86 bits per heavy atom. The third-order valence-electron chi connectivity index (χ3n) is 4.63. The quantitative estimate of drug-likeness (QED) is 0.596. The molecule has 28 heavy (non-hydrogen) atoms. The van der Waals surface area contributed by atoms with E-state index in [1.165, 1.54) is 6.08 Å². The Hall–Kier alpha value is -3.21. The van der Waals surface area contributed by atoms with E-state index in [1.807, 2.05) is 39.0 Å². The van der Waals surface area contributed by atoms with Gasteiger partial charge < -0.3 is 19.3 Å². The summed E-state index contributed by atoms with van der Waals surface area (Å²) >= 11 is 0. The molecule has 1 heterocycles. The molecular weight excluding hydrogens is 356 g/mol. The number of hydrogen-bond donors (Lipinski definition) is 1. The largest absolute Gasteiger partial charge is 0.506 e. The Kier molecular flexibility index (Phi) is 5.18. The summed E-state index contributed by atoms with van der Waals surface area (Å²) in [5, 5.41) is 10.6. The van der Waals surface area contributed by atoms with Crippen LogP contribution in [0.2, 0.25) is 0 Å². The highest BCUT2D eigenvalue weighted by Crippen LogP contribution is 2.38. The van der Waals surface area contributed by atoms with Gasteiger partial charge in [-0.1, -0.05) is 0 Å². The molecule has 5 heteroatoms. The van der Waals surface area contributed by atoms with E-state index in [-0.39, 0.29) is 17.1 Å². The van der Waals surface area contributed by atoms with Crippen LogP contribution in [0.3, 0.4) is 0 Å². The van der Waals surface area contributed by atoms with Crippen molar-refractivity contribution < 1.29 is 24.1 Å². The number of carbonyl (C=O) groups is 1. The molecule has 0 saturated heterocycles. The smallest absolute Gasteiger partial charge is 0.189 e. The van der Waals surface area contributed by atoms with Gasteiger partial charge in [0, 0.05) is 5.56 Å². The van der Waals surface area contributed by atoms with Gasteiger partial charge in [0.05, 0.1) is 25.3 Å². The maximum absolute atomic E-state index is 12.7. The summed E-state index contributed by atoms with van der Waals surface area (Å²) in [5.74, 6) is 1.48. The van der Waals surface area contributed by atoms with Crippen LogP contribution in [0.4, 0.5) is 0 Å². The maximum atomic E-state index is 12.7. The number of phenols is 1. The lowest BCUT2D eigenvalue weighted by Gasteiger charge is -2.28. The average Bonchev–Trinajstić information content (AvgIpc) is 2.65. The van der Waals surface area contributed by atoms with Crippen molar-refractivity contribution in [1.29, 1.82) is 0 Å². The molecule has 0 saturated carbocycles. The van der Waals surface area contributed by atoms with Gasteiger partial charge in [-0.25, -0.2) is 0 Å². The van der Waals surface area contributed by atoms with Crippen LogP contribution in [0.25, 0.3) is 12.2 Å². The summed E-state index contributed by atoms with van der Waals surface area (Å²) in [6.45, 7) is 5.77. The van der Waals surface area contributed by atoms with E-state index in [2.05, 4.69) is 0 Å². The second kappa shape index (κ2) is 7.43. The molecule has 2 aromatic carbocycles. The van der Waals surface area contributed by atoms with Gasteiger partial charge in [0.2, 0.25) is 0 Å². The third kappa shape index (κ3) is 3.74. The van der Waals surface area contributed by atoms with Crippen LogP contribution < -0.4 is 14.2 Å². The van der Waals surface area contributed by atoms with Crippen molar-refractivity contribution in [1.82, 2.24) is 0 Å². The van der Waals surface area contributed by atoms with Gasteiger partial charge in [0.25, 0.3) is 0 Å². The molecule has 0 unspecified atom stereocenters. The zero-order chi connectivity index (χ0) is 20.5. The first-order valence-corrected chi connectivity index (χ1v) is 8.95. The van der Waals surface area contributed by atoms with E-state index >= 15 is 0 Å². The zero-order valence-corrected chi connectivity index (χ0v) is 16.7. The fourth-order valence-corrected chi connectivity index (χ4v) is 3.10. The number of aromatic hydroxyl groups is 1. The Balaban J connectivity index is 1.92. The molecule has 3 rings (SSSR count). The Bertz CT molecular complexity index is 983. The molecule has 0 aromatic heterocycles. The predicted octanol–water partition coefficient (Wildman–Crippen LogP) is 4.80. The lowest BCUT2D eigenvalue weighted by molar-refractivity contribution is 0.104. The number of hydrogen-bond acceptors (Lipinski definition) is 5. The third-order valence-corrected chi connectivity index (χ3v) is 4.63. The highest BCUT2D eigenvalue weighted by molar-refractivity contribution is 6.09. The lowest BCUT2D eigenvalue weighted by Crippen LogP contribution is -2.27. The summed E-state index contributed by atoms with van der Waals surface area (Å²) < 4.78 is 16.6. The molecule has 146 valence electrons. The molecule has 0 aliphatic carbocycles. The van der Waals surface area contributed by atoms with E-state index in [9.17, 15) is 9.90 Å². The molecule has 0 fully saturated rings. The fourth-order valence-electron chi connectivity index (χ4n) is 3.10. The standard InChI is InChI=1S/C23H24O5/c1-14-12-21(27-5)15(13-20(14)26-4)6-8-18(24)16-7-9-19-17(22(16)25)10-11-23(2,3)28-19/h6-13,25H,1-5H3/b8-6+. The molecule has 1 aliphatic heterocycles. The first-order chi connectivity index (χ1) is 13.3. The van der Waals surface area contributed by atoms with Crippen LogP contribution in [0.1, 0.15) is 40.9 Å². The topological polar surface area (TPSA) is 65.0 Å². The molecule has 2 aromatic rings. The highest BCUT2D eigenvalue weighted by Gasteiger charge is 2.25. The van der Waals surface area contributed by atoms with E-state index < -0.39 is 5.60 Å². The number of carbonyl (C=O) groups excluding carboxylic acids is 1. The van der Waals surface area contributed by atoms with Gasteiger partial charge in [-0.2, -0.15) is 0 Å². The van der Waals surface area contributed by atoms with Crippen molar-refractivity contribution in [2.45, 2.75) is 26.4 Å². The number of methoxy groups -OCH3 is 2. The minimum absolute atomic E-state index is 0.0904. The van der Waals surface area contributed by atoms with Gasteiger partial charge >= 0.3 is 0 Å². The summed E-state index contributed by atoms with van der Waals surface area (Å²) in [5.41, 5.74) is 1.91. The van der Waals surface area contributed by atoms with E-state index in [4.69, 9.17) is 14.2 Å². The molecule has 0 amide bonds. The molecule has 1 N–H and O–H groups in total. The van der Waals surface area contributed by atoms with Crippen LogP contribution >= 0.6 is 0 Å². The second-order valence-electron chi connectivity index (χ2n) is 7.17. The summed E-state index contributed by atoms with van der Waals surface area (Å²) in [6, 6.07) is 6.94. The van der Waals surface area contributed by atoms with Gasteiger partial charge in [-0.3, -0.25) is 4.79 Å². The Labute approximate surface area is 164 Å². The number of rotatable bonds is 5. The first-order valence-electron chi connectivity index (χ1n) is 8.95. The summed E-state index contributed by atoms with van der Waals surface area (Å²) in [7, 11) is 3.17. The average molecular weight is 380 g/mol. The van der Waals surface area contributed by atoms with Crippen LogP contribution in [-0.2, 0) is 0 Å².